The number of amides is 1. The number of Topliss-reactive ketones (excluding diaryl/α,β-unsaturated/α-hetero) is 1. The van der Waals surface area contributed by atoms with Crippen LogP contribution in [0.1, 0.15) is 70.2 Å². The standard InChI is InChI=1S/C35H43BClNO7S/c1-6-33(4)18-28(34(5)20(2)12-14-35(21(3)31(33)41)15-13-27(39)30(34)35)45-29(40)19-46-24-9-7-8-23(17-24)38-32(42)25-11-10-22(36(43)44)16-26(25)37/h6-11,16-17,20-21,28,30-31,41,43-44H,1,12-15,18-19H2,2-5H3,(H,38,42)/t20-,21+,28-,30+,31+,33-,34+,35+/m1/s1. The summed E-state index contributed by atoms with van der Waals surface area (Å²) in [6.45, 7) is 12.4. The molecule has 2 aromatic carbocycles. The van der Waals surface area contributed by atoms with Gasteiger partial charge < -0.3 is 25.2 Å². The van der Waals surface area contributed by atoms with Crippen LogP contribution in [0.25, 0.3) is 0 Å². The number of benzene rings is 2. The maximum Gasteiger partial charge on any atom is 0.488 e. The third kappa shape index (κ3) is 6.07. The number of esters is 1. The van der Waals surface area contributed by atoms with Crippen LogP contribution in [-0.2, 0) is 14.3 Å². The van der Waals surface area contributed by atoms with Crippen LogP contribution in [0, 0.1) is 34.0 Å². The number of hydrogen-bond donors (Lipinski definition) is 4. The van der Waals surface area contributed by atoms with E-state index in [1.165, 1.54) is 30.0 Å². The van der Waals surface area contributed by atoms with Crippen LogP contribution < -0.4 is 10.8 Å². The molecule has 5 rings (SSSR count). The van der Waals surface area contributed by atoms with E-state index in [1.807, 2.05) is 13.0 Å². The zero-order chi connectivity index (χ0) is 33.6. The van der Waals surface area contributed by atoms with E-state index in [0.717, 1.165) is 24.2 Å². The minimum atomic E-state index is -1.70. The van der Waals surface area contributed by atoms with Crippen LogP contribution in [-0.4, -0.2) is 57.9 Å². The van der Waals surface area contributed by atoms with Gasteiger partial charge in [-0.3, -0.25) is 14.4 Å². The quantitative estimate of drug-likeness (QED) is 0.130. The Bertz CT molecular complexity index is 1540. The second kappa shape index (κ2) is 13.1. The average Bonchev–Trinajstić information content (AvgIpc) is 3.38. The van der Waals surface area contributed by atoms with E-state index in [-0.39, 0.29) is 50.8 Å². The van der Waals surface area contributed by atoms with Gasteiger partial charge in [0.1, 0.15) is 11.9 Å². The van der Waals surface area contributed by atoms with Gasteiger partial charge in [0, 0.05) is 33.8 Å². The molecule has 46 heavy (non-hydrogen) atoms. The number of rotatable bonds is 8. The van der Waals surface area contributed by atoms with Crippen molar-refractivity contribution in [3.8, 4) is 0 Å². The number of ketones is 1. The van der Waals surface area contributed by atoms with Crippen molar-refractivity contribution in [1.29, 1.82) is 0 Å². The molecule has 0 saturated heterocycles. The summed E-state index contributed by atoms with van der Waals surface area (Å²) < 4.78 is 6.34. The largest absolute Gasteiger partial charge is 0.488 e. The number of anilines is 1. The Hall–Kier alpha value is -2.63. The Morgan fingerprint density at radius 3 is 2.59 bits per heavy atom. The summed E-state index contributed by atoms with van der Waals surface area (Å²) in [5, 5.41) is 33.3. The number of carbonyl (C=O) groups excluding carboxylic acids is 3. The highest BCUT2D eigenvalue weighted by molar-refractivity contribution is 8.00. The Labute approximate surface area is 280 Å². The van der Waals surface area contributed by atoms with Crippen molar-refractivity contribution >= 4 is 59.3 Å². The lowest BCUT2D eigenvalue weighted by Crippen LogP contribution is -2.63. The summed E-state index contributed by atoms with van der Waals surface area (Å²) in [7, 11) is -1.70. The number of hydrogen-bond acceptors (Lipinski definition) is 8. The van der Waals surface area contributed by atoms with Crippen LogP contribution in [0.5, 0.6) is 0 Å². The molecule has 3 fully saturated rings. The molecule has 2 aromatic rings. The second-order valence-corrected chi connectivity index (χ2v) is 15.4. The number of aliphatic hydroxyl groups is 1. The van der Waals surface area contributed by atoms with Crippen molar-refractivity contribution in [1.82, 2.24) is 0 Å². The molecule has 0 spiro atoms. The molecule has 0 radical (unpaired) electrons. The van der Waals surface area contributed by atoms with Crippen LogP contribution >= 0.6 is 23.4 Å². The molecule has 246 valence electrons. The molecular formula is C35H43BClNO7S. The summed E-state index contributed by atoms with van der Waals surface area (Å²) in [5.41, 5.74) is -0.772. The number of nitrogens with one attached hydrogen (secondary N) is 1. The SMILES string of the molecule is C=C[C@]1(C)C[C@@H](OC(=O)CSc2cccc(NC(=O)c3ccc(B(O)O)cc3Cl)c2)[C@]2(C)[C@H](C)CC[C@]3(CCC(=O)[C@H]32)[C@@H](C)[C@@H]1O. The van der Waals surface area contributed by atoms with Gasteiger partial charge in [-0.1, -0.05) is 57.5 Å². The average molecular weight is 668 g/mol. The number of carbonyl (C=O) groups is 3. The van der Waals surface area contributed by atoms with Gasteiger partial charge in [0.25, 0.3) is 5.91 Å². The Morgan fingerprint density at radius 2 is 1.91 bits per heavy atom. The zero-order valence-electron chi connectivity index (χ0n) is 26.8. The van der Waals surface area contributed by atoms with Crippen LogP contribution in [0.4, 0.5) is 5.69 Å². The van der Waals surface area contributed by atoms with E-state index in [2.05, 4.69) is 32.7 Å². The molecular weight excluding hydrogens is 625 g/mol. The molecule has 11 heteroatoms. The smallest absolute Gasteiger partial charge is 0.461 e. The third-order valence-electron chi connectivity index (χ3n) is 11.6. The van der Waals surface area contributed by atoms with Gasteiger partial charge in [-0.05, 0) is 78.7 Å². The summed E-state index contributed by atoms with van der Waals surface area (Å²) in [5.74, 6) is -0.880. The van der Waals surface area contributed by atoms with E-state index in [1.54, 1.807) is 24.3 Å². The number of ether oxygens (including phenoxy) is 1. The Kier molecular flexibility index (Phi) is 9.89. The second-order valence-electron chi connectivity index (χ2n) is 13.9. The van der Waals surface area contributed by atoms with Crippen molar-refractivity contribution in [2.45, 2.75) is 76.9 Å². The predicted molar refractivity (Wildman–Crippen MR) is 181 cm³/mol. The topological polar surface area (TPSA) is 133 Å². The molecule has 0 aromatic heterocycles. The van der Waals surface area contributed by atoms with E-state index in [4.69, 9.17) is 16.3 Å². The fraction of sp³-hybridized carbons (Fsp3) is 0.514. The highest BCUT2D eigenvalue weighted by Gasteiger charge is 2.68. The van der Waals surface area contributed by atoms with Crippen molar-refractivity contribution in [3.63, 3.8) is 0 Å². The molecule has 1 amide bonds. The lowest BCUT2D eigenvalue weighted by atomic mass is 9.44. The maximum atomic E-state index is 13.6. The lowest BCUT2D eigenvalue weighted by molar-refractivity contribution is -0.205. The van der Waals surface area contributed by atoms with Gasteiger partial charge in [0.2, 0.25) is 0 Å². The molecule has 0 aliphatic heterocycles. The van der Waals surface area contributed by atoms with E-state index in [0.29, 0.717) is 18.5 Å². The van der Waals surface area contributed by atoms with E-state index in [9.17, 15) is 29.5 Å². The van der Waals surface area contributed by atoms with Gasteiger partial charge in [-0.15, -0.1) is 18.3 Å². The van der Waals surface area contributed by atoms with Crippen molar-refractivity contribution < 1.29 is 34.3 Å². The first-order chi connectivity index (χ1) is 21.7. The van der Waals surface area contributed by atoms with Gasteiger partial charge >= 0.3 is 13.1 Å². The minimum absolute atomic E-state index is 0.0165. The summed E-state index contributed by atoms with van der Waals surface area (Å²) in [6, 6.07) is 11.2. The van der Waals surface area contributed by atoms with Crippen LogP contribution in [0.3, 0.4) is 0 Å². The first-order valence-corrected chi connectivity index (χ1v) is 17.3. The number of aliphatic hydroxyl groups excluding tert-OH is 1. The first-order valence-electron chi connectivity index (χ1n) is 15.9. The van der Waals surface area contributed by atoms with Crippen molar-refractivity contribution in [3.05, 3.63) is 65.7 Å². The number of halogens is 1. The Morgan fingerprint density at radius 1 is 1.17 bits per heavy atom. The molecule has 3 aliphatic carbocycles. The molecule has 8 atom stereocenters. The van der Waals surface area contributed by atoms with Gasteiger partial charge in [-0.2, -0.15) is 0 Å². The fourth-order valence-electron chi connectivity index (χ4n) is 8.57. The molecule has 0 heterocycles. The van der Waals surface area contributed by atoms with Crippen molar-refractivity contribution in [2.24, 2.45) is 34.0 Å². The molecule has 3 saturated carbocycles. The summed E-state index contributed by atoms with van der Waals surface area (Å²) in [6.07, 6.45) is 3.87. The summed E-state index contributed by atoms with van der Waals surface area (Å²) >= 11 is 7.48. The van der Waals surface area contributed by atoms with Crippen molar-refractivity contribution in [2.75, 3.05) is 11.1 Å². The normalized spacial score (nSPS) is 33.7. The number of thioether (sulfide) groups is 1. The Balaban J connectivity index is 1.32. The molecule has 4 N–H and O–H groups in total. The van der Waals surface area contributed by atoms with Gasteiger partial charge in [-0.25, -0.2) is 0 Å². The zero-order valence-corrected chi connectivity index (χ0v) is 28.4. The maximum absolute atomic E-state index is 13.6. The van der Waals surface area contributed by atoms with E-state index >= 15 is 0 Å². The molecule has 2 bridgehead atoms. The van der Waals surface area contributed by atoms with Crippen LogP contribution in [0.2, 0.25) is 5.02 Å². The minimum Gasteiger partial charge on any atom is -0.461 e. The lowest BCUT2D eigenvalue weighted by Gasteiger charge is -2.61. The van der Waals surface area contributed by atoms with E-state index < -0.39 is 42.0 Å². The van der Waals surface area contributed by atoms with Crippen LogP contribution in [0.15, 0.2) is 60.0 Å². The fourth-order valence-corrected chi connectivity index (χ4v) is 9.59. The highest BCUT2D eigenvalue weighted by Crippen LogP contribution is 2.68. The van der Waals surface area contributed by atoms with Gasteiger partial charge in [0.15, 0.2) is 0 Å². The highest BCUT2D eigenvalue weighted by atomic mass is 35.5. The predicted octanol–water partition coefficient (Wildman–Crippen LogP) is 5.27. The molecule has 3 aliphatic rings. The molecule has 0 unspecified atom stereocenters. The third-order valence-corrected chi connectivity index (χ3v) is 12.8. The monoisotopic (exact) mass is 667 g/mol. The molecule has 8 nitrogen and oxygen atoms in total. The summed E-state index contributed by atoms with van der Waals surface area (Å²) in [4.78, 5) is 40.8. The first kappa shape index (κ1) is 34.7. The van der Waals surface area contributed by atoms with Gasteiger partial charge in [0.05, 0.1) is 22.4 Å².